The first-order valence-corrected chi connectivity index (χ1v) is 9.30. The van der Waals surface area contributed by atoms with Crippen LogP contribution >= 0.6 is 23.4 Å². The number of thioether (sulfide) groups is 1. The van der Waals surface area contributed by atoms with E-state index in [1.165, 1.54) is 23.9 Å². The van der Waals surface area contributed by atoms with Crippen molar-refractivity contribution < 1.29 is 9.18 Å². The number of hydrogen-bond acceptors (Lipinski definition) is 4. The van der Waals surface area contributed by atoms with Gasteiger partial charge in [0.25, 0.3) is 0 Å². The van der Waals surface area contributed by atoms with Crippen LogP contribution in [-0.4, -0.2) is 26.4 Å². The molecule has 0 bridgehead atoms. The minimum absolute atomic E-state index is 0.143. The molecule has 0 saturated carbocycles. The van der Waals surface area contributed by atoms with E-state index in [1.54, 1.807) is 18.2 Å². The average molecular weight is 391 g/mol. The lowest BCUT2D eigenvalue weighted by Crippen LogP contribution is -2.14. The molecular weight excluding hydrogens is 375 g/mol. The summed E-state index contributed by atoms with van der Waals surface area (Å²) in [5.74, 6) is 0.204. The molecule has 0 radical (unpaired) electrons. The number of rotatable bonds is 6. The quantitative estimate of drug-likeness (QED) is 0.630. The second kappa shape index (κ2) is 8.33. The Balaban J connectivity index is 1.69. The van der Waals surface area contributed by atoms with Gasteiger partial charge in [-0.3, -0.25) is 4.79 Å². The van der Waals surface area contributed by atoms with Crippen molar-refractivity contribution in [3.63, 3.8) is 0 Å². The molecule has 3 aromatic rings. The molecule has 0 spiro atoms. The predicted molar refractivity (Wildman–Crippen MR) is 102 cm³/mol. The first-order valence-electron chi connectivity index (χ1n) is 7.94. The van der Waals surface area contributed by atoms with Crippen molar-refractivity contribution in [1.29, 1.82) is 0 Å². The molecule has 5 nitrogen and oxygen atoms in total. The molecule has 2 aromatic carbocycles. The van der Waals surface area contributed by atoms with Crippen molar-refractivity contribution in [3.8, 4) is 11.4 Å². The molecule has 1 heterocycles. The van der Waals surface area contributed by atoms with Gasteiger partial charge < -0.3 is 9.88 Å². The van der Waals surface area contributed by atoms with Gasteiger partial charge in [0.1, 0.15) is 5.82 Å². The van der Waals surface area contributed by atoms with E-state index >= 15 is 0 Å². The zero-order chi connectivity index (χ0) is 18.5. The molecule has 0 aliphatic carbocycles. The van der Waals surface area contributed by atoms with Crippen molar-refractivity contribution in [2.45, 2.75) is 18.6 Å². The topological polar surface area (TPSA) is 59.8 Å². The number of anilines is 1. The van der Waals surface area contributed by atoms with E-state index in [-0.39, 0.29) is 11.7 Å². The molecule has 0 aliphatic heterocycles. The first kappa shape index (κ1) is 18.4. The van der Waals surface area contributed by atoms with E-state index in [9.17, 15) is 9.18 Å². The van der Waals surface area contributed by atoms with Crippen LogP contribution in [0.2, 0.25) is 5.02 Å². The molecular formula is C18H16ClFN4OS. The third kappa shape index (κ3) is 4.42. The van der Waals surface area contributed by atoms with Gasteiger partial charge in [0.2, 0.25) is 5.91 Å². The van der Waals surface area contributed by atoms with Gasteiger partial charge in [-0.15, -0.1) is 10.2 Å². The Labute approximate surface area is 159 Å². The van der Waals surface area contributed by atoms with Crippen LogP contribution in [0.5, 0.6) is 0 Å². The summed E-state index contributed by atoms with van der Waals surface area (Å²) >= 11 is 7.32. The Morgan fingerprint density at radius 1 is 1.23 bits per heavy atom. The largest absolute Gasteiger partial charge is 0.325 e. The smallest absolute Gasteiger partial charge is 0.234 e. The lowest BCUT2D eigenvalue weighted by Gasteiger charge is -2.08. The Bertz CT molecular complexity index is 931. The van der Waals surface area contributed by atoms with Gasteiger partial charge in [0.05, 0.1) is 5.75 Å². The van der Waals surface area contributed by atoms with Gasteiger partial charge in [-0.2, -0.15) is 0 Å². The van der Waals surface area contributed by atoms with Gasteiger partial charge in [-0.1, -0.05) is 41.6 Å². The van der Waals surface area contributed by atoms with Gasteiger partial charge in [0.15, 0.2) is 11.0 Å². The number of carbonyl (C=O) groups is 1. The van der Waals surface area contributed by atoms with E-state index in [4.69, 9.17) is 11.6 Å². The van der Waals surface area contributed by atoms with Crippen LogP contribution in [0.15, 0.2) is 53.7 Å². The number of nitrogens with zero attached hydrogens (tertiary/aromatic N) is 3. The summed E-state index contributed by atoms with van der Waals surface area (Å²) in [6, 6.07) is 13.2. The minimum Gasteiger partial charge on any atom is -0.325 e. The van der Waals surface area contributed by atoms with Crippen molar-refractivity contribution in [2.75, 3.05) is 11.1 Å². The third-order valence-electron chi connectivity index (χ3n) is 3.56. The van der Waals surface area contributed by atoms with Crippen LogP contribution in [0.4, 0.5) is 10.1 Å². The summed E-state index contributed by atoms with van der Waals surface area (Å²) in [7, 11) is 0. The number of halogens is 2. The SMILES string of the molecule is CCn1c(SCC(=O)Nc2cccc(F)c2)nnc1-c1cccc(Cl)c1. The standard InChI is InChI=1S/C18H16ClFN4OS/c1-2-24-17(12-5-3-6-13(19)9-12)22-23-18(24)26-11-16(25)21-15-8-4-7-14(20)10-15/h3-10H,2,11H2,1H3,(H,21,25). The summed E-state index contributed by atoms with van der Waals surface area (Å²) in [5, 5.41) is 12.3. The van der Waals surface area contributed by atoms with Crippen LogP contribution in [0.25, 0.3) is 11.4 Å². The van der Waals surface area contributed by atoms with Crippen molar-refractivity contribution in [1.82, 2.24) is 14.8 Å². The summed E-state index contributed by atoms with van der Waals surface area (Å²) in [5.41, 5.74) is 1.29. The highest BCUT2D eigenvalue weighted by Gasteiger charge is 2.15. The fourth-order valence-electron chi connectivity index (χ4n) is 2.42. The van der Waals surface area contributed by atoms with Crippen LogP contribution in [0, 0.1) is 5.82 Å². The van der Waals surface area contributed by atoms with Gasteiger partial charge in [-0.25, -0.2) is 4.39 Å². The van der Waals surface area contributed by atoms with Crippen molar-refractivity contribution >= 4 is 35.0 Å². The van der Waals surface area contributed by atoms with Crippen LogP contribution < -0.4 is 5.32 Å². The summed E-state index contributed by atoms with van der Waals surface area (Å²) < 4.78 is 15.1. The molecule has 0 atom stereocenters. The van der Waals surface area contributed by atoms with Gasteiger partial charge in [0, 0.05) is 22.8 Å². The van der Waals surface area contributed by atoms with E-state index in [1.807, 2.05) is 29.7 Å². The Kier molecular flexibility index (Phi) is 5.90. The summed E-state index contributed by atoms with van der Waals surface area (Å²) in [6.07, 6.45) is 0. The molecule has 1 amide bonds. The van der Waals surface area contributed by atoms with E-state index in [0.717, 1.165) is 5.56 Å². The molecule has 0 unspecified atom stereocenters. The Hall–Kier alpha value is -2.38. The Morgan fingerprint density at radius 2 is 2.04 bits per heavy atom. The number of aromatic nitrogens is 3. The maximum absolute atomic E-state index is 13.2. The van der Waals surface area contributed by atoms with E-state index < -0.39 is 5.82 Å². The average Bonchev–Trinajstić information content (AvgIpc) is 3.03. The molecule has 134 valence electrons. The molecule has 8 heteroatoms. The third-order valence-corrected chi connectivity index (χ3v) is 4.76. The highest BCUT2D eigenvalue weighted by Crippen LogP contribution is 2.26. The zero-order valence-corrected chi connectivity index (χ0v) is 15.5. The fourth-order valence-corrected chi connectivity index (χ4v) is 3.41. The predicted octanol–water partition coefficient (Wildman–Crippen LogP) is 4.49. The number of amides is 1. The zero-order valence-electron chi connectivity index (χ0n) is 13.9. The lowest BCUT2D eigenvalue weighted by atomic mass is 10.2. The second-order valence-electron chi connectivity index (χ2n) is 5.41. The Morgan fingerprint density at radius 3 is 2.77 bits per heavy atom. The summed E-state index contributed by atoms with van der Waals surface area (Å²) in [4.78, 5) is 12.1. The molecule has 1 aromatic heterocycles. The second-order valence-corrected chi connectivity index (χ2v) is 6.79. The first-order chi connectivity index (χ1) is 12.6. The lowest BCUT2D eigenvalue weighted by molar-refractivity contribution is -0.113. The molecule has 0 fully saturated rings. The van der Waals surface area contributed by atoms with Crippen molar-refractivity contribution in [2.24, 2.45) is 0 Å². The molecule has 26 heavy (non-hydrogen) atoms. The maximum Gasteiger partial charge on any atom is 0.234 e. The fraction of sp³-hybridized carbons (Fsp3) is 0.167. The highest BCUT2D eigenvalue weighted by atomic mass is 35.5. The van der Waals surface area contributed by atoms with E-state index in [2.05, 4.69) is 15.5 Å². The molecule has 3 rings (SSSR count). The number of carbonyl (C=O) groups excluding carboxylic acids is 1. The number of hydrogen-bond donors (Lipinski definition) is 1. The maximum atomic E-state index is 13.2. The van der Waals surface area contributed by atoms with E-state index in [0.29, 0.717) is 28.2 Å². The van der Waals surface area contributed by atoms with Crippen molar-refractivity contribution in [3.05, 3.63) is 59.4 Å². The van der Waals surface area contributed by atoms with Crippen LogP contribution in [-0.2, 0) is 11.3 Å². The molecule has 1 N–H and O–H groups in total. The number of benzene rings is 2. The number of nitrogens with one attached hydrogen (secondary N) is 1. The van der Waals surface area contributed by atoms with Gasteiger partial charge in [-0.05, 0) is 37.3 Å². The van der Waals surface area contributed by atoms with Crippen LogP contribution in [0.1, 0.15) is 6.92 Å². The normalized spacial score (nSPS) is 10.7. The molecule has 0 saturated heterocycles. The highest BCUT2D eigenvalue weighted by molar-refractivity contribution is 7.99. The molecule has 0 aliphatic rings. The van der Waals surface area contributed by atoms with Gasteiger partial charge >= 0.3 is 0 Å². The van der Waals surface area contributed by atoms with Crippen LogP contribution in [0.3, 0.4) is 0 Å². The minimum atomic E-state index is -0.396. The summed E-state index contributed by atoms with van der Waals surface area (Å²) in [6.45, 7) is 2.64. The monoisotopic (exact) mass is 390 g/mol.